The van der Waals surface area contributed by atoms with Crippen molar-refractivity contribution >= 4 is 21.7 Å². The van der Waals surface area contributed by atoms with Crippen molar-refractivity contribution < 1.29 is 13.2 Å². The zero-order valence-corrected chi connectivity index (χ0v) is 12.1. The van der Waals surface area contributed by atoms with Crippen LogP contribution in [0, 0.1) is 5.92 Å². The molecule has 0 radical (unpaired) electrons. The normalized spacial score (nSPS) is 21.0. The van der Waals surface area contributed by atoms with Crippen molar-refractivity contribution in [2.24, 2.45) is 5.92 Å². The fourth-order valence-corrected chi connectivity index (χ4v) is 2.69. The summed E-state index contributed by atoms with van der Waals surface area (Å²) in [6.45, 7) is 0. The predicted molar refractivity (Wildman–Crippen MR) is 75.4 cm³/mol. The highest BCUT2D eigenvalue weighted by molar-refractivity contribution is 7.90. The maximum Gasteiger partial charge on any atom is 0.249 e. The van der Waals surface area contributed by atoms with Gasteiger partial charge in [-0.3, -0.25) is 10.1 Å². The third-order valence-corrected chi connectivity index (χ3v) is 4.29. The van der Waals surface area contributed by atoms with Crippen molar-refractivity contribution in [2.45, 2.75) is 17.5 Å². The van der Waals surface area contributed by atoms with Crippen molar-refractivity contribution in [2.75, 3.05) is 11.6 Å². The van der Waals surface area contributed by atoms with Gasteiger partial charge in [0.05, 0.1) is 0 Å². The van der Waals surface area contributed by atoms with Crippen molar-refractivity contribution in [3.8, 4) is 0 Å². The van der Waals surface area contributed by atoms with Crippen molar-refractivity contribution in [3.63, 3.8) is 0 Å². The lowest BCUT2D eigenvalue weighted by Crippen LogP contribution is -2.15. The average molecular weight is 306 g/mol. The minimum absolute atomic E-state index is 0.0147. The Kier molecular flexibility index (Phi) is 3.25. The Morgan fingerprint density at radius 1 is 1.33 bits per heavy atom. The molecule has 1 amide bonds. The minimum Gasteiger partial charge on any atom is -0.293 e. The lowest BCUT2D eigenvalue weighted by Gasteiger charge is -2.00. The summed E-state index contributed by atoms with van der Waals surface area (Å²) in [6.07, 6.45) is 1.80. The van der Waals surface area contributed by atoms with E-state index in [4.69, 9.17) is 0 Å². The van der Waals surface area contributed by atoms with Crippen LogP contribution < -0.4 is 5.32 Å². The first-order chi connectivity index (χ1) is 9.95. The average Bonchev–Trinajstić information content (AvgIpc) is 3.11. The molecule has 0 unspecified atom stereocenters. The van der Waals surface area contributed by atoms with Gasteiger partial charge in [0.25, 0.3) is 0 Å². The number of sulfone groups is 1. The summed E-state index contributed by atoms with van der Waals surface area (Å²) in [5, 5.41) is 8.26. The van der Waals surface area contributed by atoms with Crippen molar-refractivity contribution in [1.29, 1.82) is 0 Å². The molecule has 1 saturated carbocycles. The van der Waals surface area contributed by atoms with Gasteiger partial charge in [0, 0.05) is 12.2 Å². The highest BCUT2D eigenvalue weighted by Crippen LogP contribution is 2.47. The Hall–Kier alpha value is -2.22. The fourth-order valence-electron chi connectivity index (χ4n) is 2.22. The highest BCUT2D eigenvalue weighted by atomic mass is 32.2. The number of rotatable bonds is 4. The SMILES string of the molecule is CS(=O)(=O)c1nc(NC(=O)[C@H]2C[C@@H]2c2ccccc2)n[nH]1. The summed E-state index contributed by atoms with van der Waals surface area (Å²) in [4.78, 5) is 15.8. The van der Waals surface area contributed by atoms with Gasteiger partial charge in [-0.15, -0.1) is 5.10 Å². The van der Waals surface area contributed by atoms with Crippen LogP contribution in [-0.2, 0) is 14.6 Å². The summed E-state index contributed by atoms with van der Waals surface area (Å²) < 4.78 is 22.5. The number of hydrogen-bond donors (Lipinski definition) is 2. The lowest BCUT2D eigenvalue weighted by atomic mass is 10.1. The topological polar surface area (TPSA) is 105 Å². The van der Waals surface area contributed by atoms with E-state index in [2.05, 4.69) is 20.5 Å². The van der Waals surface area contributed by atoms with Gasteiger partial charge < -0.3 is 0 Å². The summed E-state index contributed by atoms with van der Waals surface area (Å²) >= 11 is 0. The van der Waals surface area contributed by atoms with Crippen LogP contribution >= 0.6 is 0 Å². The molecule has 1 fully saturated rings. The van der Waals surface area contributed by atoms with Gasteiger partial charge in [0.15, 0.2) is 0 Å². The van der Waals surface area contributed by atoms with Crippen molar-refractivity contribution in [3.05, 3.63) is 35.9 Å². The van der Waals surface area contributed by atoms with Crippen molar-refractivity contribution in [1.82, 2.24) is 15.2 Å². The predicted octanol–water partition coefficient (Wildman–Crippen LogP) is 0.950. The summed E-state index contributed by atoms with van der Waals surface area (Å²) in [5.74, 6) is -0.117. The van der Waals surface area contributed by atoms with Crippen LogP contribution in [-0.4, -0.2) is 35.8 Å². The Labute approximate surface area is 121 Å². The third-order valence-electron chi connectivity index (χ3n) is 3.41. The Morgan fingerprint density at radius 2 is 2.05 bits per heavy atom. The monoisotopic (exact) mass is 306 g/mol. The van der Waals surface area contributed by atoms with Gasteiger partial charge >= 0.3 is 0 Å². The first-order valence-electron chi connectivity index (χ1n) is 6.43. The molecule has 2 atom stereocenters. The van der Waals surface area contributed by atoms with E-state index in [1.807, 2.05) is 30.3 Å². The number of nitrogens with zero attached hydrogens (tertiary/aromatic N) is 2. The minimum atomic E-state index is -3.46. The van der Waals surface area contributed by atoms with Crippen LogP contribution in [0.25, 0.3) is 0 Å². The Balaban J connectivity index is 1.65. The zero-order valence-electron chi connectivity index (χ0n) is 11.3. The summed E-state index contributed by atoms with van der Waals surface area (Å²) in [5.41, 5.74) is 1.13. The van der Waals surface area contributed by atoms with Gasteiger partial charge in [-0.25, -0.2) is 13.5 Å². The van der Waals surface area contributed by atoms with Crippen LogP contribution in [0.15, 0.2) is 35.5 Å². The van der Waals surface area contributed by atoms with E-state index in [-0.39, 0.29) is 28.8 Å². The van der Waals surface area contributed by atoms with Gasteiger partial charge in [-0.2, -0.15) is 4.98 Å². The second kappa shape index (κ2) is 4.96. The highest BCUT2D eigenvalue weighted by Gasteiger charge is 2.44. The molecule has 0 spiro atoms. The third kappa shape index (κ3) is 2.94. The van der Waals surface area contributed by atoms with E-state index in [0.29, 0.717) is 0 Å². The number of benzene rings is 1. The molecule has 1 aromatic carbocycles. The van der Waals surface area contributed by atoms with E-state index < -0.39 is 9.84 Å². The van der Waals surface area contributed by atoms with Gasteiger partial charge in [0.2, 0.25) is 26.8 Å². The van der Waals surface area contributed by atoms with E-state index >= 15 is 0 Å². The lowest BCUT2D eigenvalue weighted by molar-refractivity contribution is -0.117. The molecule has 1 heterocycles. The molecule has 1 aromatic heterocycles. The molecule has 3 rings (SSSR count). The number of carbonyl (C=O) groups excluding carboxylic acids is 1. The summed E-state index contributed by atoms with van der Waals surface area (Å²) in [6, 6.07) is 9.80. The largest absolute Gasteiger partial charge is 0.293 e. The maximum absolute atomic E-state index is 12.1. The number of amides is 1. The molecular formula is C13H14N4O3S. The molecule has 1 aliphatic rings. The molecule has 8 heteroatoms. The molecular weight excluding hydrogens is 292 g/mol. The molecule has 2 aromatic rings. The van der Waals surface area contributed by atoms with E-state index in [0.717, 1.165) is 18.2 Å². The maximum atomic E-state index is 12.1. The number of anilines is 1. The molecule has 110 valence electrons. The number of carbonyl (C=O) groups is 1. The van der Waals surface area contributed by atoms with Crippen LogP contribution in [0.2, 0.25) is 0 Å². The second-order valence-corrected chi connectivity index (χ2v) is 7.02. The number of aromatic amines is 1. The summed E-state index contributed by atoms with van der Waals surface area (Å²) in [7, 11) is -3.46. The Morgan fingerprint density at radius 3 is 2.67 bits per heavy atom. The van der Waals surface area contributed by atoms with Crippen LogP contribution in [0.4, 0.5) is 5.95 Å². The van der Waals surface area contributed by atoms with E-state index in [1.165, 1.54) is 0 Å². The number of H-pyrrole nitrogens is 1. The van der Waals surface area contributed by atoms with Crippen LogP contribution in [0.5, 0.6) is 0 Å². The smallest absolute Gasteiger partial charge is 0.249 e. The Bertz CT molecular complexity index is 770. The van der Waals surface area contributed by atoms with Gasteiger partial charge in [-0.1, -0.05) is 30.3 Å². The van der Waals surface area contributed by atoms with Gasteiger partial charge in [0.1, 0.15) is 0 Å². The first kappa shape index (κ1) is 13.7. The second-order valence-electron chi connectivity index (χ2n) is 5.08. The van der Waals surface area contributed by atoms with Crippen LogP contribution in [0.3, 0.4) is 0 Å². The zero-order chi connectivity index (χ0) is 15.0. The first-order valence-corrected chi connectivity index (χ1v) is 8.32. The van der Waals surface area contributed by atoms with Crippen LogP contribution in [0.1, 0.15) is 17.9 Å². The quantitative estimate of drug-likeness (QED) is 0.875. The van der Waals surface area contributed by atoms with E-state index in [9.17, 15) is 13.2 Å². The van der Waals surface area contributed by atoms with Gasteiger partial charge in [-0.05, 0) is 17.9 Å². The fraction of sp³-hybridized carbons (Fsp3) is 0.308. The molecule has 1 aliphatic carbocycles. The number of hydrogen-bond acceptors (Lipinski definition) is 5. The standard InChI is InChI=1S/C13H14N4O3S/c1-21(19,20)13-15-12(16-17-13)14-11(18)10-7-9(10)8-5-3-2-4-6-8/h2-6,9-10H,7H2,1H3,(H2,14,15,16,17,18)/t9-,10+/m1/s1. The molecule has 7 nitrogen and oxygen atoms in total. The molecule has 0 aliphatic heterocycles. The molecule has 2 N–H and O–H groups in total. The number of aromatic nitrogens is 3. The number of nitrogens with one attached hydrogen (secondary N) is 2. The molecule has 0 saturated heterocycles. The van der Waals surface area contributed by atoms with E-state index in [1.54, 1.807) is 0 Å². The molecule has 21 heavy (non-hydrogen) atoms. The molecule has 0 bridgehead atoms.